The Morgan fingerprint density at radius 2 is 1.88 bits per heavy atom. The molecule has 0 aromatic carbocycles. The molecule has 0 saturated heterocycles. The quantitative estimate of drug-likeness (QED) is 0.639. The molecule has 2 saturated carbocycles. The standard InChI is InChI=1S/C13H24N2O2/c16-12-4-2-1-3-11(12)8-14-9-13(17)15-7-10-5-6-10/h10-12,14,16H,1-9H2,(H,15,17). The van der Waals surface area contributed by atoms with E-state index in [1.54, 1.807) is 0 Å². The Balaban J connectivity index is 1.53. The van der Waals surface area contributed by atoms with Gasteiger partial charge in [-0.25, -0.2) is 0 Å². The minimum atomic E-state index is -0.175. The van der Waals surface area contributed by atoms with Crippen molar-refractivity contribution in [1.82, 2.24) is 10.6 Å². The van der Waals surface area contributed by atoms with Gasteiger partial charge in [0, 0.05) is 13.1 Å². The molecule has 4 heteroatoms. The predicted octanol–water partition coefficient (Wildman–Crippen LogP) is 0.653. The van der Waals surface area contributed by atoms with Crippen LogP contribution >= 0.6 is 0 Å². The van der Waals surface area contributed by atoms with Gasteiger partial charge >= 0.3 is 0 Å². The zero-order chi connectivity index (χ0) is 12.1. The number of aliphatic hydroxyl groups excluding tert-OH is 1. The van der Waals surface area contributed by atoms with E-state index in [-0.39, 0.29) is 12.0 Å². The maximum atomic E-state index is 11.5. The third-order valence-electron chi connectivity index (χ3n) is 3.85. The lowest BCUT2D eigenvalue weighted by atomic mass is 9.86. The van der Waals surface area contributed by atoms with Gasteiger partial charge in [-0.1, -0.05) is 12.8 Å². The molecule has 0 aromatic heterocycles. The summed E-state index contributed by atoms with van der Waals surface area (Å²) in [6.07, 6.45) is 6.70. The van der Waals surface area contributed by atoms with Crippen LogP contribution in [0.1, 0.15) is 38.5 Å². The lowest BCUT2D eigenvalue weighted by Gasteiger charge is -2.27. The van der Waals surface area contributed by atoms with Gasteiger partial charge in [-0.15, -0.1) is 0 Å². The average Bonchev–Trinajstić information content (AvgIpc) is 3.13. The van der Waals surface area contributed by atoms with Crippen LogP contribution in [-0.4, -0.2) is 36.8 Å². The maximum absolute atomic E-state index is 11.5. The summed E-state index contributed by atoms with van der Waals surface area (Å²) < 4.78 is 0. The molecular formula is C13H24N2O2. The number of carbonyl (C=O) groups excluding carboxylic acids is 1. The Bertz CT molecular complexity index is 254. The van der Waals surface area contributed by atoms with Crippen LogP contribution < -0.4 is 10.6 Å². The van der Waals surface area contributed by atoms with E-state index in [4.69, 9.17) is 0 Å². The van der Waals surface area contributed by atoms with E-state index in [0.29, 0.717) is 12.5 Å². The number of nitrogens with one attached hydrogen (secondary N) is 2. The molecule has 0 heterocycles. The SMILES string of the molecule is O=C(CNCC1CCCCC1O)NCC1CC1. The molecule has 0 radical (unpaired) electrons. The van der Waals surface area contributed by atoms with E-state index in [9.17, 15) is 9.90 Å². The lowest BCUT2D eigenvalue weighted by molar-refractivity contribution is -0.120. The van der Waals surface area contributed by atoms with Gasteiger partial charge in [0.1, 0.15) is 0 Å². The normalized spacial score (nSPS) is 29.0. The first-order valence-corrected chi connectivity index (χ1v) is 6.91. The molecule has 17 heavy (non-hydrogen) atoms. The number of carbonyl (C=O) groups is 1. The van der Waals surface area contributed by atoms with Gasteiger partial charge in [-0.2, -0.15) is 0 Å². The molecule has 0 aliphatic heterocycles. The Hall–Kier alpha value is -0.610. The zero-order valence-corrected chi connectivity index (χ0v) is 10.5. The molecular weight excluding hydrogens is 216 g/mol. The molecule has 2 atom stereocenters. The van der Waals surface area contributed by atoms with Crippen molar-refractivity contribution in [2.75, 3.05) is 19.6 Å². The van der Waals surface area contributed by atoms with Gasteiger partial charge in [0.25, 0.3) is 0 Å². The van der Waals surface area contributed by atoms with Crippen LogP contribution in [0.25, 0.3) is 0 Å². The van der Waals surface area contributed by atoms with Gasteiger partial charge in [0.2, 0.25) is 5.91 Å². The fourth-order valence-electron chi connectivity index (χ4n) is 2.44. The summed E-state index contributed by atoms with van der Waals surface area (Å²) in [6, 6.07) is 0. The first-order chi connectivity index (χ1) is 8.25. The van der Waals surface area contributed by atoms with Crippen LogP contribution in [0, 0.1) is 11.8 Å². The largest absolute Gasteiger partial charge is 0.393 e. The average molecular weight is 240 g/mol. The van der Waals surface area contributed by atoms with Crippen LogP contribution in [0.15, 0.2) is 0 Å². The highest BCUT2D eigenvalue weighted by molar-refractivity contribution is 5.77. The second-order valence-electron chi connectivity index (χ2n) is 5.49. The van der Waals surface area contributed by atoms with Gasteiger partial charge < -0.3 is 15.7 Å². The molecule has 2 fully saturated rings. The van der Waals surface area contributed by atoms with Crippen molar-refractivity contribution in [3.05, 3.63) is 0 Å². The monoisotopic (exact) mass is 240 g/mol. The van der Waals surface area contributed by atoms with Crippen LogP contribution in [0.5, 0.6) is 0 Å². The number of aliphatic hydroxyl groups is 1. The van der Waals surface area contributed by atoms with E-state index in [0.717, 1.165) is 38.3 Å². The highest BCUT2D eigenvalue weighted by Gasteiger charge is 2.23. The van der Waals surface area contributed by atoms with Gasteiger partial charge in [-0.05, 0) is 37.5 Å². The van der Waals surface area contributed by atoms with E-state index >= 15 is 0 Å². The van der Waals surface area contributed by atoms with E-state index in [1.165, 1.54) is 19.3 Å². The van der Waals surface area contributed by atoms with E-state index < -0.39 is 0 Å². The van der Waals surface area contributed by atoms with Gasteiger partial charge in [-0.3, -0.25) is 4.79 Å². The summed E-state index contributed by atoms with van der Waals surface area (Å²) in [6.45, 7) is 1.99. The fraction of sp³-hybridized carbons (Fsp3) is 0.923. The zero-order valence-electron chi connectivity index (χ0n) is 10.5. The van der Waals surface area contributed by atoms with Gasteiger partial charge in [0.15, 0.2) is 0 Å². The van der Waals surface area contributed by atoms with Crippen molar-refractivity contribution in [1.29, 1.82) is 0 Å². The summed E-state index contributed by atoms with van der Waals surface area (Å²) in [4.78, 5) is 11.5. The summed E-state index contributed by atoms with van der Waals surface area (Å²) in [5, 5.41) is 15.9. The van der Waals surface area contributed by atoms with Crippen molar-refractivity contribution in [3.8, 4) is 0 Å². The Morgan fingerprint density at radius 3 is 2.59 bits per heavy atom. The molecule has 2 unspecified atom stereocenters. The topological polar surface area (TPSA) is 61.4 Å². The molecule has 2 aliphatic rings. The first kappa shape index (κ1) is 12.8. The summed E-state index contributed by atoms with van der Waals surface area (Å²) >= 11 is 0. The van der Waals surface area contributed by atoms with Crippen molar-refractivity contribution >= 4 is 5.91 Å². The molecule has 2 rings (SSSR count). The number of hydrogen-bond acceptors (Lipinski definition) is 3. The second kappa shape index (κ2) is 6.36. The number of hydrogen-bond donors (Lipinski definition) is 3. The third-order valence-corrected chi connectivity index (χ3v) is 3.85. The van der Waals surface area contributed by atoms with E-state index in [2.05, 4.69) is 10.6 Å². The second-order valence-corrected chi connectivity index (χ2v) is 5.49. The molecule has 0 spiro atoms. The molecule has 4 nitrogen and oxygen atoms in total. The van der Waals surface area contributed by atoms with E-state index in [1.807, 2.05) is 0 Å². The number of rotatable bonds is 6. The molecule has 98 valence electrons. The molecule has 1 amide bonds. The molecule has 2 aliphatic carbocycles. The Kier molecular flexibility index (Phi) is 4.80. The van der Waals surface area contributed by atoms with Crippen molar-refractivity contribution in [2.24, 2.45) is 11.8 Å². The summed E-state index contributed by atoms with van der Waals surface area (Å²) in [5.41, 5.74) is 0. The summed E-state index contributed by atoms with van der Waals surface area (Å²) in [5.74, 6) is 1.15. The minimum absolute atomic E-state index is 0.0854. The fourth-order valence-corrected chi connectivity index (χ4v) is 2.44. The van der Waals surface area contributed by atoms with Crippen molar-refractivity contribution in [2.45, 2.75) is 44.6 Å². The third kappa shape index (κ3) is 4.64. The lowest BCUT2D eigenvalue weighted by Crippen LogP contribution is -2.39. The minimum Gasteiger partial charge on any atom is -0.393 e. The highest BCUT2D eigenvalue weighted by Crippen LogP contribution is 2.27. The number of amides is 1. The molecule has 3 N–H and O–H groups in total. The van der Waals surface area contributed by atoms with Crippen LogP contribution in [0.4, 0.5) is 0 Å². The van der Waals surface area contributed by atoms with Gasteiger partial charge in [0.05, 0.1) is 12.6 Å². The van der Waals surface area contributed by atoms with Crippen LogP contribution in [0.2, 0.25) is 0 Å². The van der Waals surface area contributed by atoms with Crippen LogP contribution in [0.3, 0.4) is 0 Å². The highest BCUT2D eigenvalue weighted by atomic mass is 16.3. The van der Waals surface area contributed by atoms with Crippen molar-refractivity contribution < 1.29 is 9.90 Å². The summed E-state index contributed by atoms with van der Waals surface area (Å²) in [7, 11) is 0. The Morgan fingerprint density at radius 1 is 1.12 bits per heavy atom. The van der Waals surface area contributed by atoms with Crippen LogP contribution in [-0.2, 0) is 4.79 Å². The Labute approximate surface area is 103 Å². The molecule has 0 aromatic rings. The van der Waals surface area contributed by atoms with Crippen molar-refractivity contribution in [3.63, 3.8) is 0 Å². The first-order valence-electron chi connectivity index (χ1n) is 6.91. The molecule has 0 bridgehead atoms. The smallest absolute Gasteiger partial charge is 0.233 e. The predicted molar refractivity (Wildman–Crippen MR) is 66.6 cm³/mol. The maximum Gasteiger partial charge on any atom is 0.233 e.